The van der Waals surface area contributed by atoms with Crippen LogP contribution in [0.3, 0.4) is 0 Å². The van der Waals surface area contributed by atoms with E-state index in [4.69, 9.17) is 0 Å². The van der Waals surface area contributed by atoms with E-state index in [1.807, 2.05) is 11.9 Å². The number of nitrogens with one attached hydrogen (secondary N) is 1. The average molecular weight is 251 g/mol. The van der Waals surface area contributed by atoms with Crippen molar-refractivity contribution in [3.8, 4) is 0 Å². The monoisotopic (exact) mass is 251 g/mol. The Morgan fingerprint density at radius 1 is 1.22 bits per heavy atom. The number of piperazine rings is 2. The van der Waals surface area contributed by atoms with Gasteiger partial charge in [-0.2, -0.15) is 0 Å². The van der Waals surface area contributed by atoms with Crippen molar-refractivity contribution in [1.29, 1.82) is 0 Å². The Kier molecular flexibility index (Phi) is 3.57. The minimum Gasteiger partial charge on any atom is -0.343 e. The van der Waals surface area contributed by atoms with Gasteiger partial charge in [0.1, 0.15) is 0 Å². The second kappa shape index (κ2) is 5.17. The molecule has 0 spiro atoms. The highest BCUT2D eigenvalue weighted by atomic mass is 16.2. The van der Waals surface area contributed by atoms with Crippen molar-refractivity contribution in [2.24, 2.45) is 5.92 Å². The van der Waals surface area contributed by atoms with Crippen LogP contribution in [-0.4, -0.2) is 61.0 Å². The number of carbonyl (C=O) groups is 1. The van der Waals surface area contributed by atoms with Gasteiger partial charge in [0.25, 0.3) is 0 Å². The summed E-state index contributed by atoms with van der Waals surface area (Å²) in [5.41, 5.74) is 0. The van der Waals surface area contributed by atoms with Gasteiger partial charge in [0, 0.05) is 39.3 Å². The van der Waals surface area contributed by atoms with Crippen molar-refractivity contribution >= 4 is 5.91 Å². The Morgan fingerprint density at radius 2 is 2.00 bits per heavy atom. The lowest BCUT2D eigenvalue weighted by Gasteiger charge is -2.50. The lowest BCUT2D eigenvalue weighted by molar-refractivity contribution is -0.148. The van der Waals surface area contributed by atoms with Crippen LogP contribution < -0.4 is 5.32 Å². The second-order valence-electron chi connectivity index (χ2n) is 6.16. The van der Waals surface area contributed by atoms with Crippen molar-refractivity contribution < 1.29 is 4.79 Å². The summed E-state index contributed by atoms with van der Waals surface area (Å²) < 4.78 is 0. The quantitative estimate of drug-likeness (QED) is 0.744. The molecule has 2 saturated heterocycles. The molecule has 18 heavy (non-hydrogen) atoms. The Hall–Kier alpha value is -0.610. The average Bonchev–Trinajstić information content (AvgIpc) is 2.41. The number of fused-ring (bicyclic) bond motifs is 1. The first-order chi connectivity index (χ1) is 8.77. The minimum atomic E-state index is 0.177. The lowest BCUT2D eigenvalue weighted by atomic mass is 9.81. The summed E-state index contributed by atoms with van der Waals surface area (Å²) in [6.07, 6.45) is 6.49. The number of hydrogen-bond acceptors (Lipinski definition) is 3. The SMILES string of the molecule is CN1CC2CNCCN2C(C2CCCCC2)C1=O. The highest BCUT2D eigenvalue weighted by Gasteiger charge is 2.43. The number of nitrogens with zero attached hydrogens (tertiary/aromatic N) is 2. The van der Waals surface area contributed by atoms with Crippen molar-refractivity contribution in [2.45, 2.75) is 44.2 Å². The summed E-state index contributed by atoms with van der Waals surface area (Å²) in [5.74, 6) is 0.981. The predicted octanol–water partition coefficient (Wildman–Crippen LogP) is 0.681. The largest absolute Gasteiger partial charge is 0.343 e. The first kappa shape index (κ1) is 12.4. The van der Waals surface area contributed by atoms with Crippen molar-refractivity contribution in [3.63, 3.8) is 0 Å². The van der Waals surface area contributed by atoms with Crippen LogP contribution in [0, 0.1) is 5.92 Å². The van der Waals surface area contributed by atoms with E-state index in [2.05, 4.69) is 10.2 Å². The van der Waals surface area contributed by atoms with Gasteiger partial charge in [0.2, 0.25) is 5.91 Å². The molecule has 0 aromatic rings. The van der Waals surface area contributed by atoms with Crippen LogP contribution in [-0.2, 0) is 4.79 Å². The number of rotatable bonds is 1. The molecule has 2 heterocycles. The molecule has 1 saturated carbocycles. The normalized spacial score (nSPS) is 35.6. The molecule has 0 aromatic carbocycles. The first-order valence-electron chi connectivity index (χ1n) is 7.49. The fourth-order valence-electron chi connectivity index (χ4n) is 4.01. The smallest absolute Gasteiger partial charge is 0.240 e. The van der Waals surface area contributed by atoms with Crippen molar-refractivity contribution in [1.82, 2.24) is 15.1 Å². The van der Waals surface area contributed by atoms with Gasteiger partial charge < -0.3 is 10.2 Å². The van der Waals surface area contributed by atoms with Crippen LogP contribution >= 0.6 is 0 Å². The molecule has 3 rings (SSSR count). The Morgan fingerprint density at radius 3 is 2.78 bits per heavy atom. The van der Waals surface area contributed by atoms with Crippen LogP contribution in [0.4, 0.5) is 0 Å². The van der Waals surface area contributed by atoms with Gasteiger partial charge >= 0.3 is 0 Å². The third-order valence-electron chi connectivity index (χ3n) is 4.96. The van der Waals surface area contributed by atoms with E-state index in [1.165, 1.54) is 32.1 Å². The van der Waals surface area contributed by atoms with Gasteiger partial charge in [-0.25, -0.2) is 0 Å². The minimum absolute atomic E-state index is 0.177. The van der Waals surface area contributed by atoms with E-state index in [-0.39, 0.29) is 6.04 Å². The number of carbonyl (C=O) groups excluding carboxylic acids is 1. The summed E-state index contributed by atoms with van der Waals surface area (Å²) in [6, 6.07) is 0.713. The van der Waals surface area contributed by atoms with Gasteiger partial charge in [-0.3, -0.25) is 9.69 Å². The second-order valence-corrected chi connectivity index (χ2v) is 6.16. The third kappa shape index (κ3) is 2.16. The highest BCUT2D eigenvalue weighted by molar-refractivity contribution is 5.83. The molecule has 1 N–H and O–H groups in total. The van der Waals surface area contributed by atoms with E-state index in [1.54, 1.807) is 0 Å². The zero-order valence-electron chi connectivity index (χ0n) is 11.4. The van der Waals surface area contributed by atoms with E-state index < -0.39 is 0 Å². The van der Waals surface area contributed by atoms with Crippen molar-refractivity contribution in [2.75, 3.05) is 33.2 Å². The maximum Gasteiger partial charge on any atom is 0.240 e. The fraction of sp³-hybridized carbons (Fsp3) is 0.929. The Labute approximate surface area is 110 Å². The first-order valence-corrected chi connectivity index (χ1v) is 7.49. The van der Waals surface area contributed by atoms with Crippen LogP contribution in [0.2, 0.25) is 0 Å². The molecule has 4 nitrogen and oxygen atoms in total. The third-order valence-corrected chi connectivity index (χ3v) is 4.96. The van der Waals surface area contributed by atoms with E-state index in [0.29, 0.717) is 17.9 Å². The molecule has 3 aliphatic rings. The van der Waals surface area contributed by atoms with Gasteiger partial charge in [-0.15, -0.1) is 0 Å². The molecule has 2 unspecified atom stereocenters. The zero-order valence-corrected chi connectivity index (χ0v) is 11.4. The van der Waals surface area contributed by atoms with Crippen LogP contribution in [0.1, 0.15) is 32.1 Å². The fourth-order valence-corrected chi connectivity index (χ4v) is 4.01. The van der Waals surface area contributed by atoms with Crippen LogP contribution in [0.15, 0.2) is 0 Å². The molecule has 1 amide bonds. The van der Waals surface area contributed by atoms with Gasteiger partial charge in [0.05, 0.1) is 6.04 Å². The number of likely N-dealkylation sites (N-methyl/N-ethyl adjacent to an activating group) is 1. The maximum absolute atomic E-state index is 12.5. The molecule has 2 aliphatic heterocycles. The van der Waals surface area contributed by atoms with Crippen molar-refractivity contribution in [3.05, 3.63) is 0 Å². The lowest BCUT2D eigenvalue weighted by Crippen LogP contribution is -2.68. The molecular weight excluding hydrogens is 226 g/mol. The number of amides is 1. The summed E-state index contributed by atoms with van der Waals surface area (Å²) >= 11 is 0. The van der Waals surface area contributed by atoms with Gasteiger partial charge in [-0.05, 0) is 18.8 Å². The highest BCUT2D eigenvalue weighted by Crippen LogP contribution is 2.33. The molecule has 0 aromatic heterocycles. The molecule has 2 atom stereocenters. The van der Waals surface area contributed by atoms with Gasteiger partial charge in [0.15, 0.2) is 0 Å². The standard InChI is InChI=1S/C14H25N3O/c1-16-10-12-9-15-7-8-17(12)13(14(16)18)11-5-3-2-4-6-11/h11-13,15H,2-10H2,1H3. The van der Waals surface area contributed by atoms with E-state index in [0.717, 1.165) is 26.2 Å². The Bertz CT molecular complexity index is 314. The number of hydrogen-bond donors (Lipinski definition) is 1. The molecular formula is C14H25N3O. The maximum atomic E-state index is 12.5. The molecule has 0 bridgehead atoms. The Balaban J connectivity index is 1.80. The summed E-state index contributed by atoms with van der Waals surface area (Å²) in [7, 11) is 1.98. The molecule has 102 valence electrons. The van der Waals surface area contributed by atoms with Crippen LogP contribution in [0.25, 0.3) is 0 Å². The molecule has 4 heteroatoms. The van der Waals surface area contributed by atoms with Gasteiger partial charge in [-0.1, -0.05) is 19.3 Å². The summed E-state index contributed by atoms with van der Waals surface area (Å²) in [4.78, 5) is 17.0. The summed E-state index contributed by atoms with van der Waals surface area (Å²) in [5, 5.41) is 3.46. The summed E-state index contributed by atoms with van der Waals surface area (Å²) in [6.45, 7) is 4.03. The predicted molar refractivity (Wildman–Crippen MR) is 71.4 cm³/mol. The molecule has 1 aliphatic carbocycles. The molecule has 3 fully saturated rings. The van der Waals surface area contributed by atoms with E-state index >= 15 is 0 Å². The molecule has 0 radical (unpaired) electrons. The van der Waals surface area contributed by atoms with E-state index in [9.17, 15) is 4.79 Å². The van der Waals surface area contributed by atoms with Crippen LogP contribution in [0.5, 0.6) is 0 Å². The zero-order chi connectivity index (χ0) is 12.5. The topological polar surface area (TPSA) is 35.6 Å².